The molecule has 0 radical (unpaired) electrons. The Bertz CT molecular complexity index is 1060. The number of nitrogens with zero attached hydrogens (tertiary/aromatic N) is 2. The molecule has 4 atom stereocenters. The zero-order chi connectivity index (χ0) is 27.0. The van der Waals surface area contributed by atoms with Crippen LogP contribution in [0.1, 0.15) is 47.6 Å². The minimum atomic E-state index is -4.95. The van der Waals surface area contributed by atoms with Crippen LogP contribution in [0.5, 0.6) is 0 Å². The van der Waals surface area contributed by atoms with Gasteiger partial charge in [0.05, 0.1) is 23.8 Å². The third kappa shape index (κ3) is 6.20. The molecule has 202 valence electrons. The zero-order valence-corrected chi connectivity index (χ0v) is 20.4. The number of benzene rings is 2. The monoisotopic (exact) mass is 530 g/mol. The van der Waals surface area contributed by atoms with Crippen molar-refractivity contribution in [3.63, 3.8) is 0 Å². The highest BCUT2D eigenvalue weighted by Crippen LogP contribution is 2.41. The number of carbonyl (C=O) groups excluding carboxylic acids is 1. The van der Waals surface area contributed by atoms with Gasteiger partial charge in [-0.25, -0.2) is 4.79 Å². The van der Waals surface area contributed by atoms with E-state index >= 15 is 0 Å². The van der Waals surface area contributed by atoms with E-state index in [9.17, 15) is 31.1 Å². The van der Waals surface area contributed by atoms with Crippen LogP contribution < -0.4 is 0 Å². The summed E-state index contributed by atoms with van der Waals surface area (Å²) < 4.78 is 92.2. The summed E-state index contributed by atoms with van der Waals surface area (Å²) in [5.41, 5.74) is -2.20. The maximum atomic E-state index is 13.4. The van der Waals surface area contributed by atoms with Crippen molar-refractivity contribution in [3.8, 4) is 0 Å². The van der Waals surface area contributed by atoms with Crippen LogP contribution in [0.15, 0.2) is 48.5 Å². The largest absolute Gasteiger partial charge is 0.416 e. The number of rotatable bonds is 6. The van der Waals surface area contributed by atoms with E-state index in [1.54, 1.807) is 16.8 Å². The SMILES string of the molecule is C[C@@H](O[C@H]1OCC[C@@H](CN2CCN(C)C2=O)[C@@H]1c1ccccc1)c1cc(C(F)(F)F)cc(C(F)(F)F)c1. The molecule has 11 heteroatoms. The molecule has 2 aliphatic heterocycles. The first kappa shape index (κ1) is 27.3. The van der Waals surface area contributed by atoms with Crippen molar-refractivity contribution in [3.05, 3.63) is 70.8 Å². The van der Waals surface area contributed by atoms with Gasteiger partial charge in [-0.1, -0.05) is 30.3 Å². The molecule has 0 bridgehead atoms. The Morgan fingerprint density at radius 3 is 2.16 bits per heavy atom. The highest BCUT2D eigenvalue weighted by molar-refractivity contribution is 5.76. The quantitative estimate of drug-likeness (QED) is 0.411. The lowest BCUT2D eigenvalue weighted by Crippen LogP contribution is -2.43. The van der Waals surface area contributed by atoms with Crippen LogP contribution in [0, 0.1) is 5.92 Å². The summed E-state index contributed by atoms with van der Waals surface area (Å²) in [7, 11) is 1.72. The van der Waals surface area contributed by atoms with Gasteiger partial charge in [0, 0.05) is 32.6 Å². The van der Waals surface area contributed by atoms with Gasteiger partial charge in [0.2, 0.25) is 0 Å². The van der Waals surface area contributed by atoms with E-state index in [1.165, 1.54) is 6.92 Å². The summed E-state index contributed by atoms with van der Waals surface area (Å²) >= 11 is 0. The van der Waals surface area contributed by atoms with Crippen molar-refractivity contribution in [1.29, 1.82) is 0 Å². The highest BCUT2D eigenvalue weighted by atomic mass is 19.4. The molecule has 2 fully saturated rings. The van der Waals surface area contributed by atoms with Gasteiger partial charge < -0.3 is 19.3 Å². The van der Waals surface area contributed by atoms with Gasteiger partial charge in [0.25, 0.3) is 0 Å². The molecule has 2 heterocycles. The van der Waals surface area contributed by atoms with Crippen LogP contribution in [0.25, 0.3) is 0 Å². The third-order valence-corrected chi connectivity index (χ3v) is 6.93. The number of likely N-dealkylation sites (N-methyl/N-ethyl adjacent to an activating group) is 1. The predicted octanol–water partition coefficient (Wildman–Crippen LogP) is 6.32. The average molecular weight is 531 g/mol. The molecule has 0 saturated carbocycles. The summed E-state index contributed by atoms with van der Waals surface area (Å²) in [5, 5.41) is 0. The molecule has 2 amide bonds. The van der Waals surface area contributed by atoms with Crippen LogP contribution in [-0.4, -0.2) is 55.4 Å². The van der Waals surface area contributed by atoms with E-state index in [0.29, 0.717) is 38.2 Å². The first-order chi connectivity index (χ1) is 17.3. The van der Waals surface area contributed by atoms with Crippen LogP contribution in [0.2, 0.25) is 0 Å². The van der Waals surface area contributed by atoms with Crippen LogP contribution in [-0.2, 0) is 21.8 Å². The number of alkyl halides is 6. The second kappa shape index (κ2) is 10.5. The Morgan fingerprint density at radius 1 is 1.00 bits per heavy atom. The van der Waals surface area contributed by atoms with Gasteiger partial charge in [0.15, 0.2) is 6.29 Å². The van der Waals surface area contributed by atoms with Crippen molar-refractivity contribution < 1.29 is 40.6 Å². The standard InChI is InChI=1S/C26H28F6N2O3/c1-16(19-12-20(25(27,28)29)14-21(13-19)26(30,31)32)37-23-22(17-6-4-3-5-7-17)18(8-11-36-23)15-34-10-9-33(2)24(34)35/h3-7,12-14,16,18,22-23H,8-11,15H2,1-2H3/t16-,18+,22+,23-/m1/s1. The number of urea groups is 1. The molecule has 0 aliphatic carbocycles. The number of hydrogen-bond acceptors (Lipinski definition) is 3. The molecule has 2 aromatic rings. The Morgan fingerprint density at radius 2 is 1.62 bits per heavy atom. The Balaban J connectivity index is 1.62. The second-order valence-corrected chi connectivity index (χ2v) is 9.49. The van der Waals surface area contributed by atoms with Gasteiger partial charge in [-0.2, -0.15) is 26.3 Å². The molecule has 0 N–H and O–H groups in total. The summed E-state index contributed by atoms with van der Waals surface area (Å²) in [5.74, 6) is -0.472. The molecule has 2 aliphatic rings. The molecule has 37 heavy (non-hydrogen) atoms. The van der Waals surface area contributed by atoms with Crippen LogP contribution >= 0.6 is 0 Å². The molecule has 0 unspecified atom stereocenters. The lowest BCUT2D eigenvalue weighted by Gasteiger charge is -2.40. The number of ether oxygens (including phenoxy) is 2. The normalized spacial score (nSPS) is 24.0. The minimum absolute atomic E-state index is 0.0870. The van der Waals surface area contributed by atoms with Gasteiger partial charge >= 0.3 is 18.4 Å². The number of amides is 2. The smallest absolute Gasteiger partial charge is 0.352 e. The second-order valence-electron chi connectivity index (χ2n) is 9.49. The molecular weight excluding hydrogens is 502 g/mol. The summed E-state index contributed by atoms with van der Waals surface area (Å²) in [6.07, 6.45) is -11.4. The van der Waals surface area contributed by atoms with Crippen molar-refractivity contribution >= 4 is 6.03 Å². The van der Waals surface area contributed by atoms with E-state index in [1.807, 2.05) is 30.3 Å². The van der Waals surface area contributed by atoms with Crippen molar-refractivity contribution in [1.82, 2.24) is 9.80 Å². The van der Waals surface area contributed by atoms with Crippen molar-refractivity contribution in [2.75, 3.05) is 33.3 Å². The van der Waals surface area contributed by atoms with Gasteiger partial charge in [-0.15, -0.1) is 0 Å². The van der Waals surface area contributed by atoms with Crippen LogP contribution in [0.3, 0.4) is 0 Å². The Hall–Kier alpha value is -2.79. The van der Waals surface area contributed by atoms with Crippen molar-refractivity contribution in [2.45, 2.75) is 44.0 Å². The maximum Gasteiger partial charge on any atom is 0.416 e. The Kier molecular flexibility index (Phi) is 7.75. The molecular formula is C26H28F6N2O3. The fraction of sp³-hybridized carbons (Fsp3) is 0.500. The zero-order valence-electron chi connectivity index (χ0n) is 20.4. The predicted molar refractivity (Wildman–Crippen MR) is 123 cm³/mol. The minimum Gasteiger partial charge on any atom is -0.352 e. The first-order valence-electron chi connectivity index (χ1n) is 12.0. The number of halogens is 6. The molecule has 4 rings (SSSR count). The van der Waals surface area contributed by atoms with E-state index in [4.69, 9.17) is 9.47 Å². The molecule has 0 aromatic heterocycles. The molecule has 2 aromatic carbocycles. The summed E-state index contributed by atoms with van der Waals surface area (Å²) in [6, 6.07) is 10.6. The summed E-state index contributed by atoms with van der Waals surface area (Å²) in [6.45, 7) is 3.29. The fourth-order valence-corrected chi connectivity index (χ4v) is 4.92. The van der Waals surface area contributed by atoms with Gasteiger partial charge in [-0.3, -0.25) is 0 Å². The number of carbonyl (C=O) groups is 1. The first-order valence-corrected chi connectivity index (χ1v) is 12.0. The van der Waals surface area contributed by atoms with Crippen molar-refractivity contribution in [2.24, 2.45) is 5.92 Å². The van der Waals surface area contributed by atoms with E-state index in [-0.39, 0.29) is 36.1 Å². The lowest BCUT2D eigenvalue weighted by atomic mass is 9.81. The highest BCUT2D eigenvalue weighted by Gasteiger charge is 2.41. The summed E-state index contributed by atoms with van der Waals surface area (Å²) in [4.78, 5) is 15.9. The molecule has 0 spiro atoms. The van der Waals surface area contributed by atoms with E-state index in [2.05, 4.69) is 0 Å². The lowest BCUT2D eigenvalue weighted by molar-refractivity contribution is -0.209. The molecule has 2 saturated heterocycles. The van der Waals surface area contributed by atoms with Gasteiger partial charge in [-0.05, 0) is 48.6 Å². The van der Waals surface area contributed by atoms with Gasteiger partial charge in [0.1, 0.15) is 0 Å². The fourth-order valence-electron chi connectivity index (χ4n) is 4.92. The average Bonchev–Trinajstić information content (AvgIpc) is 3.15. The third-order valence-electron chi connectivity index (χ3n) is 6.93. The van der Waals surface area contributed by atoms with E-state index < -0.39 is 35.9 Å². The Labute approximate surface area is 210 Å². The number of hydrogen-bond donors (Lipinski definition) is 0. The topological polar surface area (TPSA) is 42.0 Å². The van der Waals surface area contributed by atoms with E-state index in [0.717, 1.165) is 5.56 Å². The van der Waals surface area contributed by atoms with Crippen LogP contribution in [0.4, 0.5) is 31.1 Å². The maximum absolute atomic E-state index is 13.4. The molecule has 5 nitrogen and oxygen atoms in total.